The van der Waals surface area contributed by atoms with Crippen LogP contribution in [0.25, 0.3) is 0 Å². The molecule has 7 heteroatoms. The van der Waals surface area contributed by atoms with E-state index in [-0.39, 0.29) is 11.9 Å². The van der Waals surface area contributed by atoms with Crippen LogP contribution in [0.5, 0.6) is 0 Å². The van der Waals surface area contributed by atoms with Crippen LogP contribution in [-0.4, -0.2) is 50.9 Å². The van der Waals surface area contributed by atoms with Gasteiger partial charge in [-0.2, -0.15) is 8.42 Å². The van der Waals surface area contributed by atoms with Gasteiger partial charge >= 0.3 is 0 Å². The number of halogens is 1. The molecule has 1 saturated carbocycles. The van der Waals surface area contributed by atoms with Crippen LogP contribution in [0.3, 0.4) is 0 Å². The molecule has 5 nitrogen and oxygen atoms in total. The van der Waals surface area contributed by atoms with E-state index >= 15 is 0 Å². The molecule has 4 atom stereocenters. The maximum Gasteiger partial charge on any atom is 0.264 e. The van der Waals surface area contributed by atoms with Crippen LogP contribution in [-0.2, 0) is 25.6 Å². The molecule has 3 aliphatic rings. The van der Waals surface area contributed by atoms with Gasteiger partial charge in [0.1, 0.15) is 5.82 Å². The third-order valence-electron chi connectivity index (χ3n) is 6.67. The standard InChI is InChI=1S/C21H30FNO4S/c1-14-4-3-5-21(22)20(14)13-26-19-9-17-6-7-18(10-19)23(17)11-15-8-16(15)12-27-28(2,24)25/h3-5,15-19H,6-13H2,1-2H3/t15-,16-,17?,18?,19?/m0/s1. The van der Waals surface area contributed by atoms with Gasteiger partial charge < -0.3 is 4.74 Å². The molecule has 0 spiro atoms. The lowest BCUT2D eigenvalue weighted by Gasteiger charge is -2.39. The first-order valence-electron chi connectivity index (χ1n) is 10.3. The summed E-state index contributed by atoms with van der Waals surface area (Å²) < 4.78 is 47.4. The molecule has 2 unspecified atom stereocenters. The number of benzene rings is 1. The largest absolute Gasteiger partial charge is 0.373 e. The Bertz CT molecular complexity index is 780. The second kappa shape index (κ2) is 8.01. The van der Waals surface area contributed by atoms with Gasteiger partial charge in [0.15, 0.2) is 0 Å². The quantitative estimate of drug-likeness (QED) is 0.615. The summed E-state index contributed by atoms with van der Waals surface area (Å²) >= 11 is 0. The minimum Gasteiger partial charge on any atom is -0.373 e. The molecule has 28 heavy (non-hydrogen) atoms. The van der Waals surface area contributed by atoms with Crippen LogP contribution >= 0.6 is 0 Å². The predicted molar refractivity (Wildman–Crippen MR) is 105 cm³/mol. The fourth-order valence-corrected chi connectivity index (χ4v) is 5.35. The zero-order valence-corrected chi connectivity index (χ0v) is 17.5. The molecule has 0 amide bonds. The van der Waals surface area contributed by atoms with Gasteiger partial charge in [0.25, 0.3) is 10.1 Å². The van der Waals surface area contributed by atoms with Crippen molar-refractivity contribution >= 4 is 10.1 Å². The summed E-state index contributed by atoms with van der Waals surface area (Å²) in [5.41, 5.74) is 1.61. The third-order valence-corrected chi connectivity index (χ3v) is 7.23. The van der Waals surface area contributed by atoms with E-state index in [1.165, 1.54) is 18.9 Å². The lowest BCUT2D eigenvalue weighted by atomic mass is 9.99. The van der Waals surface area contributed by atoms with Crippen molar-refractivity contribution in [1.29, 1.82) is 0 Å². The molecule has 0 radical (unpaired) electrons. The van der Waals surface area contributed by atoms with E-state index in [9.17, 15) is 12.8 Å². The number of hydrogen-bond acceptors (Lipinski definition) is 5. The van der Waals surface area contributed by atoms with Gasteiger partial charge in [-0.1, -0.05) is 12.1 Å². The molecule has 2 saturated heterocycles. The fourth-order valence-electron chi connectivity index (χ4n) is 4.93. The van der Waals surface area contributed by atoms with Gasteiger partial charge in [0.2, 0.25) is 0 Å². The van der Waals surface area contributed by atoms with Crippen molar-refractivity contribution in [2.24, 2.45) is 11.8 Å². The Morgan fingerprint density at radius 1 is 1.14 bits per heavy atom. The SMILES string of the molecule is Cc1cccc(F)c1COC1CC2CCC(C1)N2C[C@@H]1C[C@H]1COS(C)(=O)=O. The number of nitrogens with zero attached hydrogens (tertiary/aromatic N) is 1. The van der Waals surface area contributed by atoms with E-state index in [2.05, 4.69) is 4.90 Å². The number of piperidine rings is 1. The molecule has 2 aliphatic heterocycles. The second-order valence-corrected chi connectivity index (χ2v) is 10.4. The zero-order chi connectivity index (χ0) is 19.9. The summed E-state index contributed by atoms with van der Waals surface area (Å²) in [5, 5.41) is 0. The summed E-state index contributed by atoms with van der Waals surface area (Å²) in [5.74, 6) is 0.729. The summed E-state index contributed by atoms with van der Waals surface area (Å²) in [6.07, 6.45) is 6.75. The van der Waals surface area contributed by atoms with Crippen LogP contribution in [0.15, 0.2) is 18.2 Å². The molecule has 1 aromatic rings. The molecular weight excluding hydrogens is 381 g/mol. The number of fused-ring (bicyclic) bond motifs is 2. The molecule has 0 aromatic heterocycles. The van der Waals surface area contributed by atoms with E-state index in [1.54, 1.807) is 6.07 Å². The highest BCUT2D eigenvalue weighted by molar-refractivity contribution is 7.85. The molecule has 2 heterocycles. The van der Waals surface area contributed by atoms with Gasteiger partial charge in [0.05, 0.1) is 25.6 Å². The van der Waals surface area contributed by atoms with E-state index < -0.39 is 10.1 Å². The molecule has 3 fully saturated rings. The van der Waals surface area contributed by atoms with Crippen molar-refractivity contribution in [3.8, 4) is 0 Å². The Hall–Kier alpha value is -1.02. The molecule has 2 bridgehead atoms. The van der Waals surface area contributed by atoms with E-state index in [0.29, 0.717) is 42.7 Å². The lowest BCUT2D eigenvalue weighted by Crippen LogP contribution is -2.46. The first-order chi connectivity index (χ1) is 13.3. The summed E-state index contributed by atoms with van der Waals surface area (Å²) in [6, 6.07) is 6.22. The average molecular weight is 412 g/mol. The predicted octanol–water partition coefficient (Wildman–Crippen LogP) is 3.26. The highest BCUT2D eigenvalue weighted by atomic mass is 32.2. The van der Waals surface area contributed by atoms with Crippen molar-refractivity contribution in [3.63, 3.8) is 0 Å². The lowest BCUT2D eigenvalue weighted by molar-refractivity contribution is -0.0306. The Morgan fingerprint density at radius 2 is 1.86 bits per heavy atom. The Morgan fingerprint density at radius 3 is 2.50 bits per heavy atom. The minimum atomic E-state index is -3.34. The second-order valence-electron chi connectivity index (χ2n) is 8.77. The van der Waals surface area contributed by atoms with Crippen LogP contribution in [0.1, 0.15) is 43.2 Å². The van der Waals surface area contributed by atoms with Crippen LogP contribution in [0.4, 0.5) is 4.39 Å². The van der Waals surface area contributed by atoms with Crippen molar-refractivity contribution < 1.29 is 21.7 Å². The molecule has 1 aliphatic carbocycles. The maximum absolute atomic E-state index is 14.0. The number of aryl methyl sites for hydroxylation is 1. The van der Waals surface area contributed by atoms with Gasteiger partial charge in [-0.15, -0.1) is 0 Å². The molecule has 0 N–H and O–H groups in total. The summed E-state index contributed by atoms with van der Waals surface area (Å²) in [4.78, 5) is 2.61. The minimum absolute atomic E-state index is 0.184. The van der Waals surface area contributed by atoms with Gasteiger partial charge in [-0.05, 0) is 62.5 Å². The van der Waals surface area contributed by atoms with Gasteiger partial charge in [-0.25, -0.2) is 4.39 Å². The third kappa shape index (κ3) is 4.75. The van der Waals surface area contributed by atoms with E-state index in [1.807, 2.05) is 13.0 Å². The van der Waals surface area contributed by atoms with Crippen molar-refractivity contribution in [2.45, 2.75) is 63.8 Å². The summed E-state index contributed by atoms with van der Waals surface area (Å²) in [7, 11) is -3.34. The smallest absolute Gasteiger partial charge is 0.264 e. The normalized spacial score (nSPS) is 32.6. The first kappa shape index (κ1) is 20.3. The number of rotatable bonds is 8. The van der Waals surface area contributed by atoms with E-state index in [4.69, 9.17) is 8.92 Å². The molecule has 1 aromatic carbocycles. The molecule has 156 valence electrons. The Balaban J connectivity index is 1.26. The van der Waals surface area contributed by atoms with Crippen LogP contribution in [0, 0.1) is 24.6 Å². The van der Waals surface area contributed by atoms with E-state index in [0.717, 1.165) is 37.6 Å². The summed E-state index contributed by atoms with van der Waals surface area (Å²) in [6.45, 7) is 3.62. The highest BCUT2D eigenvalue weighted by Gasteiger charge is 2.46. The number of ether oxygens (including phenoxy) is 1. The Kier molecular flexibility index (Phi) is 5.80. The average Bonchev–Trinajstić information content (AvgIpc) is 3.32. The highest BCUT2D eigenvalue weighted by Crippen LogP contribution is 2.44. The number of hydrogen-bond donors (Lipinski definition) is 0. The van der Waals surface area contributed by atoms with Crippen molar-refractivity contribution in [3.05, 3.63) is 35.1 Å². The van der Waals surface area contributed by atoms with Gasteiger partial charge in [0, 0.05) is 24.2 Å². The topological polar surface area (TPSA) is 55.8 Å². The maximum atomic E-state index is 14.0. The Labute approximate surface area is 167 Å². The van der Waals surface area contributed by atoms with Crippen molar-refractivity contribution in [1.82, 2.24) is 4.90 Å². The zero-order valence-electron chi connectivity index (χ0n) is 16.6. The fraction of sp³-hybridized carbons (Fsp3) is 0.714. The van der Waals surface area contributed by atoms with Gasteiger partial charge in [-0.3, -0.25) is 9.08 Å². The van der Waals surface area contributed by atoms with Crippen molar-refractivity contribution in [2.75, 3.05) is 19.4 Å². The monoisotopic (exact) mass is 411 g/mol. The molecule has 4 rings (SSSR count). The van der Waals surface area contributed by atoms with Crippen LogP contribution in [0.2, 0.25) is 0 Å². The first-order valence-corrected chi connectivity index (χ1v) is 12.1. The molecular formula is C21H30FNO4S. The van der Waals surface area contributed by atoms with Crippen LogP contribution < -0.4 is 0 Å².